The number of amides is 1. The smallest absolute Gasteiger partial charge is 0.223 e. The maximum atomic E-state index is 12.4. The summed E-state index contributed by atoms with van der Waals surface area (Å²) >= 11 is 0. The molecule has 6 heteroatoms. The van der Waals surface area contributed by atoms with E-state index in [-0.39, 0.29) is 18.0 Å². The molecule has 0 aliphatic carbocycles. The quantitative estimate of drug-likeness (QED) is 0.865. The Kier molecular flexibility index (Phi) is 5.71. The van der Waals surface area contributed by atoms with Gasteiger partial charge in [-0.3, -0.25) is 14.5 Å². The highest BCUT2D eigenvalue weighted by Gasteiger charge is 2.36. The van der Waals surface area contributed by atoms with Crippen molar-refractivity contribution < 1.29 is 4.79 Å². The largest absolute Gasteiger partial charge is 0.335 e. The number of rotatable bonds is 6. The van der Waals surface area contributed by atoms with Gasteiger partial charge in [0.05, 0.1) is 12.2 Å². The average molecular weight is 355 g/mol. The molecule has 1 aliphatic rings. The van der Waals surface area contributed by atoms with Gasteiger partial charge in [0.25, 0.3) is 0 Å². The van der Waals surface area contributed by atoms with E-state index in [2.05, 4.69) is 36.2 Å². The van der Waals surface area contributed by atoms with Crippen LogP contribution in [0.3, 0.4) is 0 Å². The Bertz CT molecular complexity index is 756. The van der Waals surface area contributed by atoms with Gasteiger partial charge in [0.1, 0.15) is 0 Å². The maximum Gasteiger partial charge on any atom is 0.223 e. The van der Waals surface area contributed by atoms with Gasteiger partial charge in [0, 0.05) is 56.8 Å². The number of nitrogens with one attached hydrogen (secondary N) is 1. The van der Waals surface area contributed by atoms with Crippen molar-refractivity contribution in [2.24, 2.45) is 13.0 Å². The van der Waals surface area contributed by atoms with E-state index in [1.54, 1.807) is 0 Å². The van der Waals surface area contributed by atoms with Crippen LogP contribution in [0.4, 0.5) is 0 Å². The molecule has 0 radical (unpaired) electrons. The van der Waals surface area contributed by atoms with Crippen molar-refractivity contribution in [3.8, 4) is 0 Å². The van der Waals surface area contributed by atoms with E-state index in [1.807, 2.05) is 47.5 Å². The van der Waals surface area contributed by atoms with Gasteiger partial charge in [-0.2, -0.15) is 5.10 Å². The first-order chi connectivity index (χ1) is 12.5. The minimum atomic E-state index is 0.0876. The Morgan fingerprint density at radius 3 is 2.85 bits per heavy atom. The van der Waals surface area contributed by atoms with E-state index in [4.69, 9.17) is 0 Å². The van der Waals surface area contributed by atoms with E-state index in [0.29, 0.717) is 12.3 Å². The topological polar surface area (TPSA) is 63.1 Å². The standard InChI is InChI=1S/C20H29N5O/c1-5-25-19(26)7-6-16(20(25)17-11-23-24(4)13-17)10-22-15(3)18-12-21-9-8-14(18)2/h8-9,11-13,15-16,20,22H,5-7,10H2,1-4H3/t15?,16-,20+/m1/s1. The molecule has 3 heterocycles. The van der Waals surface area contributed by atoms with E-state index in [9.17, 15) is 4.79 Å². The predicted octanol–water partition coefficient (Wildman–Crippen LogP) is 2.77. The first kappa shape index (κ1) is 18.6. The van der Waals surface area contributed by atoms with Crippen LogP contribution >= 0.6 is 0 Å². The highest BCUT2D eigenvalue weighted by molar-refractivity contribution is 5.77. The van der Waals surface area contributed by atoms with Crippen molar-refractivity contribution in [3.05, 3.63) is 47.5 Å². The molecule has 1 aliphatic heterocycles. The summed E-state index contributed by atoms with van der Waals surface area (Å²) in [5.41, 5.74) is 3.60. The number of hydrogen-bond donors (Lipinski definition) is 1. The number of carbonyl (C=O) groups is 1. The average Bonchev–Trinajstić information content (AvgIpc) is 3.06. The van der Waals surface area contributed by atoms with Gasteiger partial charge in [-0.1, -0.05) is 0 Å². The van der Waals surface area contributed by atoms with Crippen molar-refractivity contribution in [2.75, 3.05) is 13.1 Å². The number of nitrogens with zero attached hydrogens (tertiary/aromatic N) is 4. The molecule has 26 heavy (non-hydrogen) atoms. The Labute approximate surface area is 155 Å². The van der Waals surface area contributed by atoms with Crippen LogP contribution in [0.25, 0.3) is 0 Å². The summed E-state index contributed by atoms with van der Waals surface area (Å²) in [6.07, 6.45) is 9.23. The Morgan fingerprint density at radius 2 is 2.19 bits per heavy atom. The van der Waals surface area contributed by atoms with Crippen LogP contribution in [0.1, 0.15) is 55.5 Å². The van der Waals surface area contributed by atoms with Crippen molar-refractivity contribution in [1.82, 2.24) is 25.0 Å². The number of likely N-dealkylation sites (tertiary alicyclic amines) is 1. The summed E-state index contributed by atoms with van der Waals surface area (Å²) in [6.45, 7) is 7.93. The SMILES string of the molecule is CCN1C(=O)CC[C@H](CNC(C)c2cnccc2C)[C@H]1c1cnn(C)c1. The zero-order valence-electron chi connectivity index (χ0n) is 16.1. The molecular formula is C20H29N5O. The molecule has 1 N–H and O–H groups in total. The summed E-state index contributed by atoms with van der Waals surface area (Å²) in [4.78, 5) is 18.7. The lowest BCUT2D eigenvalue weighted by atomic mass is 9.85. The van der Waals surface area contributed by atoms with Crippen molar-refractivity contribution in [3.63, 3.8) is 0 Å². The highest BCUT2D eigenvalue weighted by atomic mass is 16.2. The van der Waals surface area contributed by atoms with Crippen LogP contribution in [0, 0.1) is 12.8 Å². The summed E-state index contributed by atoms with van der Waals surface area (Å²) in [5.74, 6) is 0.616. The molecule has 1 amide bonds. The molecule has 0 saturated carbocycles. The van der Waals surface area contributed by atoms with Gasteiger partial charge < -0.3 is 10.2 Å². The summed E-state index contributed by atoms with van der Waals surface area (Å²) in [7, 11) is 1.92. The lowest BCUT2D eigenvalue weighted by molar-refractivity contribution is -0.138. The van der Waals surface area contributed by atoms with Gasteiger partial charge >= 0.3 is 0 Å². The maximum absolute atomic E-state index is 12.4. The van der Waals surface area contributed by atoms with Crippen LogP contribution in [0.2, 0.25) is 0 Å². The molecule has 1 fully saturated rings. The first-order valence-electron chi connectivity index (χ1n) is 9.43. The summed E-state index contributed by atoms with van der Waals surface area (Å²) in [5, 5.41) is 7.99. The zero-order valence-corrected chi connectivity index (χ0v) is 16.1. The van der Waals surface area contributed by atoms with E-state index >= 15 is 0 Å². The minimum Gasteiger partial charge on any atom is -0.335 e. The third-order valence-corrected chi connectivity index (χ3v) is 5.47. The van der Waals surface area contributed by atoms with Gasteiger partial charge in [-0.25, -0.2) is 0 Å². The fraction of sp³-hybridized carbons (Fsp3) is 0.550. The Morgan fingerprint density at radius 1 is 1.38 bits per heavy atom. The van der Waals surface area contributed by atoms with Gasteiger partial charge in [-0.15, -0.1) is 0 Å². The highest BCUT2D eigenvalue weighted by Crippen LogP contribution is 2.36. The predicted molar refractivity (Wildman–Crippen MR) is 101 cm³/mol. The van der Waals surface area contributed by atoms with E-state index in [1.165, 1.54) is 11.1 Å². The summed E-state index contributed by atoms with van der Waals surface area (Å²) in [6, 6.07) is 2.36. The number of hydrogen-bond acceptors (Lipinski definition) is 4. The van der Waals surface area contributed by atoms with Crippen LogP contribution in [-0.2, 0) is 11.8 Å². The van der Waals surface area contributed by atoms with Crippen molar-refractivity contribution >= 4 is 5.91 Å². The van der Waals surface area contributed by atoms with Crippen molar-refractivity contribution in [2.45, 2.75) is 45.7 Å². The Balaban J connectivity index is 1.76. The van der Waals surface area contributed by atoms with Gasteiger partial charge in [0.15, 0.2) is 0 Å². The fourth-order valence-corrected chi connectivity index (χ4v) is 4.02. The monoisotopic (exact) mass is 355 g/mol. The number of aromatic nitrogens is 3. The van der Waals surface area contributed by atoms with E-state index < -0.39 is 0 Å². The third kappa shape index (κ3) is 3.80. The second-order valence-corrected chi connectivity index (χ2v) is 7.23. The second-order valence-electron chi connectivity index (χ2n) is 7.23. The van der Waals surface area contributed by atoms with Crippen molar-refractivity contribution in [1.29, 1.82) is 0 Å². The molecular weight excluding hydrogens is 326 g/mol. The molecule has 3 rings (SSSR count). The molecule has 0 spiro atoms. The lowest BCUT2D eigenvalue weighted by Crippen LogP contribution is -2.45. The summed E-state index contributed by atoms with van der Waals surface area (Å²) < 4.78 is 1.81. The third-order valence-electron chi connectivity index (χ3n) is 5.47. The van der Waals surface area contributed by atoms with Crippen LogP contribution in [0.5, 0.6) is 0 Å². The molecule has 3 atom stereocenters. The van der Waals surface area contributed by atoms with Crippen LogP contribution in [-0.4, -0.2) is 38.7 Å². The molecule has 1 unspecified atom stereocenters. The number of carbonyl (C=O) groups excluding carboxylic acids is 1. The number of pyridine rings is 1. The second kappa shape index (κ2) is 7.99. The molecule has 0 aromatic carbocycles. The van der Waals surface area contributed by atoms with Crippen LogP contribution < -0.4 is 5.32 Å². The minimum absolute atomic E-state index is 0.0876. The lowest BCUT2D eigenvalue weighted by Gasteiger charge is -2.41. The number of piperidine rings is 1. The number of aryl methyl sites for hydroxylation is 2. The molecule has 0 bridgehead atoms. The zero-order chi connectivity index (χ0) is 18.7. The molecule has 140 valence electrons. The molecule has 2 aromatic heterocycles. The molecule has 2 aromatic rings. The van der Waals surface area contributed by atoms with Gasteiger partial charge in [0.2, 0.25) is 5.91 Å². The van der Waals surface area contributed by atoms with E-state index in [0.717, 1.165) is 25.1 Å². The first-order valence-corrected chi connectivity index (χ1v) is 9.43. The van der Waals surface area contributed by atoms with Crippen LogP contribution in [0.15, 0.2) is 30.9 Å². The molecule has 6 nitrogen and oxygen atoms in total. The fourth-order valence-electron chi connectivity index (χ4n) is 4.02. The normalized spacial score (nSPS) is 21.8. The molecule has 1 saturated heterocycles. The Hall–Kier alpha value is -2.21. The van der Waals surface area contributed by atoms with Gasteiger partial charge in [-0.05, 0) is 50.3 Å².